The summed E-state index contributed by atoms with van der Waals surface area (Å²) in [6.45, 7) is 1.95. The zero-order valence-corrected chi connectivity index (χ0v) is 8.62. The maximum Gasteiger partial charge on any atom is 0.217 e. The van der Waals surface area contributed by atoms with Gasteiger partial charge in [-0.25, -0.2) is 0 Å². The van der Waals surface area contributed by atoms with Gasteiger partial charge in [-0.3, -0.25) is 4.79 Å². The first-order valence-corrected chi connectivity index (χ1v) is 4.53. The Balaban J connectivity index is 2.68. The van der Waals surface area contributed by atoms with Crippen LogP contribution in [0.4, 0.5) is 0 Å². The number of hydrogen-bond donors (Lipinski definition) is 1. The molecule has 0 aliphatic rings. The molecule has 0 aliphatic carbocycles. The molecule has 0 radical (unpaired) electrons. The fraction of sp³-hybridized carbons (Fsp3) is 0.222. The molecule has 0 saturated heterocycles. The van der Waals surface area contributed by atoms with Crippen LogP contribution in [0.2, 0.25) is 10.0 Å². The third-order valence-electron chi connectivity index (χ3n) is 1.53. The average Bonchev–Trinajstić information content (AvgIpc) is 2.07. The Morgan fingerprint density at radius 3 is 2.62 bits per heavy atom. The Kier molecular flexibility index (Phi) is 3.58. The van der Waals surface area contributed by atoms with E-state index in [1.807, 2.05) is 6.07 Å². The number of benzene rings is 1. The highest BCUT2D eigenvalue weighted by atomic mass is 35.5. The van der Waals surface area contributed by atoms with Crippen molar-refractivity contribution in [1.29, 1.82) is 0 Å². The lowest BCUT2D eigenvalue weighted by Crippen LogP contribution is -2.18. The smallest absolute Gasteiger partial charge is 0.217 e. The van der Waals surface area contributed by atoms with Crippen LogP contribution >= 0.6 is 23.2 Å². The summed E-state index contributed by atoms with van der Waals surface area (Å²) < 4.78 is 0. The Bertz CT molecular complexity index is 325. The van der Waals surface area contributed by atoms with Crippen LogP contribution in [0.5, 0.6) is 0 Å². The van der Waals surface area contributed by atoms with E-state index in [2.05, 4.69) is 5.32 Å². The normalized spacial score (nSPS) is 9.77. The van der Waals surface area contributed by atoms with E-state index in [0.29, 0.717) is 16.6 Å². The lowest BCUT2D eigenvalue weighted by atomic mass is 10.2. The third kappa shape index (κ3) is 3.25. The number of amides is 1. The van der Waals surface area contributed by atoms with Gasteiger partial charge in [-0.15, -0.1) is 0 Å². The fourth-order valence-corrected chi connectivity index (χ4v) is 1.20. The standard InChI is InChI=1S/C9H9Cl2NO/c1-6(13)12-5-7-2-3-8(10)9(11)4-7/h2-4H,5H2,1H3,(H,12,13). The number of carbonyl (C=O) groups is 1. The summed E-state index contributed by atoms with van der Waals surface area (Å²) in [5, 5.41) is 3.69. The summed E-state index contributed by atoms with van der Waals surface area (Å²) in [5.74, 6) is -0.0638. The summed E-state index contributed by atoms with van der Waals surface area (Å²) >= 11 is 11.5. The first-order chi connectivity index (χ1) is 6.09. The van der Waals surface area contributed by atoms with Gasteiger partial charge in [-0.05, 0) is 17.7 Å². The van der Waals surface area contributed by atoms with Crippen molar-refractivity contribution in [3.63, 3.8) is 0 Å². The van der Waals surface area contributed by atoms with Gasteiger partial charge < -0.3 is 5.32 Å². The molecule has 0 unspecified atom stereocenters. The van der Waals surface area contributed by atoms with E-state index >= 15 is 0 Å². The lowest BCUT2D eigenvalue weighted by molar-refractivity contribution is -0.119. The van der Waals surface area contributed by atoms with Crippen molar-refractivity contribution in [2.75, 3.05) is 0 Å². The molecular weight excluding hydrogens is 209 g/mol. The molecule has 0 aromatic heterocycles. The van der Waals surface area contributed by atoms with Crippen LogP contribution in [0, 0.1) is 0 Å². The van der Waals surface area contributed by atoms with Crippen LogP contribution in [0.25, 0.3) is 0 Å². The predicted molar refractivity (Wildman–Crippen MR) is 54.0 cm³/mol. The van der Waals surface area contributed by atoms with Crippen molar-refractivity contribution < 1.29 is 4.79 Å². The molecular formula is C9H9Cl2NO. The zero-order chi connectivity index (χ0) is 9.84. The van der Waals surface area contributed by atoms with Gasteiger partial charge in [-0.1, -0.05) is 29.3 Å². The molecule has 0 atom stereocenters. The minimum atomic E-state index is -0.0638. The Hall–Kier alpha value is -0.730. The van der Waals surface area contributed by atoms with Gasteiger partial charge in [0, 0.05) is 13.5 Å². The largest absolute Gasteiger partial charge is 0.352 e. The topological polar surface area (TPSA) is 29.1 Å². The van der Waals surface area contributed by atoms with Crippen LogP contribution in [0.1, 0.15) is 12.5 Å². The second kappa shape index (κ2) is 4.49. The van der Waals surface area contributed by atoms with E-state index in [1.165, 1.54) is 6.92 Å². The number of hydrogen-bond acceptors (Lipinski definition) is 1. The minimum absolute atomic E-state index is 0.0638. The summed E-state index contributed by atoms with van der Waals surface area (Å²) in [5.41, 5.74) is 0.935. The molecule has 0 aliphatic heterocycles. The maximum atomic E-state index is 10.6. The molecule has 13 heavy (non-hydrogen) atoms. The quantitative estimate of drug-likeness (QED) is 0.812. The summed E-state index contributed by atoms with van der Waals surface area (Å²) in [4.78, 5) is 10.6. The van der Waals surface area contributed by atoms with Crippen molar-refractivity contribution in [3.8, 4) is 0 Å². The number of halogens is 2. The van der Waals surface area contributed by atoms with Crippen LogP contribution in [-0.4, -0.2) is 5.91 Å². The molecule has 1 aromatic carbocycles. The zero-order valence-electron chi connectivity index (χ0n) is 7.10. The maximum absolute atomic E-state index is 10.6. The predicted octanol–water partition coefficient (Wildman–Crippen LogP) is 2.63. The van der Waals surface area contributed by atoms with Gasteiger partial charge in [0.2, 0.25) is 5.91 Å². The van der Waals surface area contributed by atoms with E-state index in [0.717, 1.165) is 5.56 Å². The van der Waals surface area contributed by atoms with E-state index in [-0.39, 0.29) is 5.91 Å². The monoisotopic (exact) mass is 217 g/mol. The lowest BCUT2D eigenvalue weighted by Gasteiger charge is -2.03. The first kappa shape index (κ1) is 10.4. The van der Waals surface area contributed by atoms with Crippen LogP contribution in [0.15, 0.2) is 18.2 Å². The molecule has 1 amide bonds. The molecule has 70 valence electrons. The molecule has 0 saturated carbocycles. The van der Waals surface area contributed by atoms with E-state index < -0.39 is 0 Å². The molecule has 0 bridgehead atoms. The van der Waals surface area contributed by atoms with E-state index in [4.69, 9.17) is 23.2 Å². The molecule has 0 heterocycles. The van der Waals surface area contributed by atoms with Crippen molar-refractivity contribution in [2.24, 2.45) is 0 Å². The fourth-order valence-electron chi connectivity index (χ4n) is 0.876. The van der Waals surface area contributed by atoms with Gasteiger partial charge in [0.15, 0.2) is 0 Å². The summed E-state index contributed by atoms with van der Waals surface area (Å²) in [7, 11) is 0. The molecule has 1 aromatic rings. The first-order valence-electron chi connectivity index (χ1n) is 3.78. The van der Waals surface area contributed by atoms with E-state index in [9.17, 15) is 4.79 Å². The highest BCUT2D eigenvalue weighted by molar-refractivity contribution is 6.42. The number of nitrogens with one attached hydrogen (secondary N) is 1. The van der Waals surface area contributed by atoms with Crippen LogP contribution in [0.3, 0.4) is 0 Å². The average molecular weight is 218 g/mol. The van der Waals surface area contributed by atoms with Crippen molar-refractivity contribution in [2.45, 2.75) is 13.5 Å². The highest BCUT2D eigenvalue weighted by Gasteiger charge is 1.99. The molecule has 0 spiro atoms. The summed E-state index contributed by atoms with van der Waals surface area (Å²) in [6, 6.07) is 5.27. The number of carbonyl (C=O) groups excluding carboxylic acids is 1. The minimum Gasteiger partial charge on any atom is -0.352 e. The summed E-state index contributed by atoms with van der Waals surface area (Å²) in [6.07, 6.45) is 0. The van der Waals surface area contributed by atoms with Crippen molar-refractivity contribution >= 4 is 29.1 Å². The van der Waals surface area contributed by atoms with Crippen molar-refractivity contribution in [1.82, 2.24) is 5.32 Å². The van der Waals surface area contributed by atoms with Gasteiger partial charge in [0.05, 0.1) is 10.0 Å². The third-order valence-corrected chi connectivity index (χ3v) is 2.26. The second-order valence-electron chi connectivity index (χ2n) is 2.66. The van der Waals surface area contributed by atoms with E-state index in [1.54, 1.807) is 12.1 Å². The second-order valence-corrected chi connectivity index (χ2v) is 3.47. The molecule has 0 fully saturated rings. The Labute approximate surface area is 86.8 Å². The van der Waals surface area contributed by atoms with Gasteiger partial charge >= 0.3 is 0 Å². The van der Waals surface area contributed by atoms with Gasteiger partial charge in [0.25, 0.3) is 0 Å². The SMILES string of the molecule is CC(=O)NCc1ccc(Cl)c(Cl)c1. The highest BCUT2D eigenvalue weighted by Crippen LogP contribution is 2.22. The molecule has 1 rings (SSSR count). The molecule has 2 nitrogen and oxygen atoms in total. The Morgan fingerprint density at radius 2 is 2.08 bits per heavy atom. The number of rotatable bonds is 2. The van der Waals surface area contributed by atoms with Crippen LogP contribution < -0.4 is 5.32 Å². The van der Waals surface area contributed by atoms with Crippen molar-refractivity contribution in [3.05, 3.63) is 33.8 Å². The van der Waals surface area contributed by atoms with Gasteiger partial charge in [0.1, 0.15) is 0 Å². The van der Waals surface area contributed by atoms with Crippen LogP contribution in [-0.2, 0) is 11.3 Å². The Morgan fingerprint density at radius 1 is 1.38 bits per heavy atom. The van der Waals surface area contributed by atoms with Gasteiger partial charge in [-0.2, -0.15) is 0 Å². The molecule has 4 heteroatoms. The molecule has 1 N–H and O–H groups in total.